The number of benzene rings is 1. The van der Waals surface area contributed by atoms with E-state index in [0.717, 1.165) is 40.0 Å². The molecule has 4 rings (SSSR count). The summed E-state index contributed by atoms with van der Waals surface area (Å²) in [6.07, 6.45) is 1.98. The Morgan fingerprint density at radius 3 is 2.72 bits per heavy atom. The van der Waals surface area contributed by atoms with E-state index in [1.54, 1.807) is 6.07 Å². The van der Waals surface area contributed by atoms with E-state index >= 15 is 0 Å². The average molecular weight is 470 g/mol. The zero-order valence-electron chi connectivity index (χ0n) is 16.0. The van der Waals surface area contributed by atoms with Crippen LogP contribution in [0.15, 0.2) is 39.5 Å². The first kappa shape index (κ1) is 20.7. The third-order valence-electron chi connectivity index (χ3n) is 5.02. The Hall–Kier alpha value is -1.52. The lowest BCUT2D eigenvalue weighted by Crippen LogP contribution is -2.47. The van der Waals surface area contributed by atoms with Gasteiger partial charge in [0.05, 0.1) is 14.6 Å². The zero-order chi connectivity index (χ0) is 20.8. The summed E-state index contributed by atoms with van der Waals surface area (Å²) in [6, 6.07) is 8.33. The average Bonchev–Trinajstić information content (AvgIpc) is 3.26. The first-order valence-electron chi connectivity index (χ1n) is 9.19. The van der Waals surface area contributed by atoms with Gasteiger partial charge in [-0.3, -0.25) is 4.79 Å². The Morgan fingerprint density at radius 2 is 2.00 bits per heavy atom. The van der Waals surface area contributed by atoms with Crippen LogP contribution in [0.1, 0.15) is 24.8 Å². The summed E-state index contributed by atoms with van der Waals surface area (Å²) in [5.74, 6) is -0.421. The van der Waals surface area contributed by atoms with Gasteiger partial charge in [-0.2, -0.15) is 9.30 Å². The molecular formula is C19H20ClN3O3S3. The number of rotatable bonds is 3. The van der Waals surface area contributed by atoms with Crippen LogP contribution in [0.2, 0.25) is 4.34 Å². The predicted molar refractivity (Wildman–Crippen MR) is 117 cm³/mol. The second kappa shape index (κ2) is 7.96. The molecule has 0 radical (unpaired) electrons. The van der Waals surface area contributed by atoms with Crippen molar-refractivity contribution in [3.63, 3.8) is 0 Å². The summed E-state index contributed by atoms with van der Waals surface area (Å²) >= 11 is 8.36. The lowest BCUT2D eigenvalue weighted by molar-refractivity contribution is -0.122. The summed E-state index contributed by atoms with van der Waals surface area (Å²) in [6.45, 7) is 2.32. The number of carbonyl (C=O) groups excluding carboxylic acids is 1. The molecule has 1 aliphatic rings. The minimum Gasteiger partial charge on any atom is -0.319 e. The fraction of sp³-hybridized carbons (Fsp3) is 0.368. The van der Waals surface area contributed by atoms with E-state index in [4.69, 9.17) is 11.6 Å². The summed E-state index contributed by atoms with van der Waals surface area (Å²) in [7, 11) is -1.92. The number of hydrogen-bond acceptors (Lipinski definition) is 5. The molecule has 0 spiro atoms. The van der Waals surface area contributed by atoms with Crippen LogP contribution in [-0.2, 0) is 21.9 Å². The van der Waals surface area contributed by atoms with Gasteiger partial charge in [0.1, 0.15) is 10.3 Å². The molecule has 1 amide bonds. The van der Waals surface area contributed by atoms with E-state index in [2.05, 4.69) is 11.1 Å². The number of aryl methyl sites for hydroxylation is 2. The minimum absolute atomic E-state index is 0.157. The molecule has 1 aromatic carbocycles. The van der Waals surface area contributed by atoms with Gasteiger partial charge in [-0.1, -0.05) is 35.4 Å². The van der Waals surface area contributed by atoms with Crippen molar-refractivity contribution in [1.29, 1.82) is 0 Å². The normalized spacial score (nSPS) is 19.1. The Bertz CT molecular complexity index is 1260. The molecule has 0 aliphatic carbocycles. The van der Waals surface area contributed by atoms with Crippen molar-refractivity contribution in [2.75, 3.05) is 6.54 Å². The lowest BCUT2D eigenvalue weighted by Gasteiger charge is -2.31. The quantitative estimate of drug-likeness (QED) is 0.583. The molecule has 6 nitrogen and oxygen atoms in total. The van der Waals surface area contributed by atoms with Crippen molar-refractivity contribution < 1.29 is 13.2 Å². The number of piperidine rings is 1. The molecule has 0 bridgehead atoms. The number of hydrogen-bond donors (Lipinski definition) is 0. The van der Waals surface area contributed by atoms with Gasteiger partial charge in [-0.05, 0) is 49.6 Å². The molecule has 29 heavy (non-hydrogen) atoms. The third-order valence-corrected chi connectivity index (χ3v) is 9.72. The molecule has 10 heteroatoms. The third kappa shape index (κ3) is 3.94. The number of sulfonamides is 1. The Balaban J connectivity index is 1.71. The highest BCUT2D eigenvalue weighted by Gasteiger charge is 2.38. The van der Waals surface area contributed by atoms with Crippen molar-refractivity contribution >= 4 is 60.4 Å². The van der Waals surface area contributed by atoms with Crippen molar-refractivity contribution in [3.8, 4) is 0 Å². The van der Waals surface area contributed by atoms with Gasteiger partial charge in [0, 0.05) is 13.6 Å². The van der Waals surface area contributed by atoms with E-state index in [1.165, 1.54) is 21.7 Å². The number of fused-ring (bicyclic) bond motifs is 1. The van der Waals surface area contributed by atoms with Gasteiger partial charge < -0.3 is 4.57 Å². The maximum atomic E-state index is 13.1. The molecule has 3 aromatic rings. The van der Waals surface area contributed by atoms with Crippen molar-refractivity contribution in [3.05, 3.63) is 45.0 Å². The van der Waals surface area contributed by atoms with Crippen molar-refractivity contribution in [2.24, 2.45) is 12.0 Å². The van der Waals surface area contributed by atoms with Crippen LogP contribution in [0.4, 0.5) is 0 Å². The fourth-order valence-corrected chi connectivity index (χ4v) is 7.89. The summed E-state index contributed by atoms with van der Waals surface area (Å²) < 4.78 is 31.0. The van der Waals surface area contributed by atoms with Gasteiger partial charge in [0.15, 0.2) is 4.80 Å². The lowest BCUT2D eigenvalue weighted by atomic mass is 10.0. The molecule has 1 atom stereocenters. The van der Waals surface area contributed by atoms with Crippen LogP contribution < -0.4 is 4.80 Å². The molecule has 1 fully saturated rings. The molecular weight excluding hydrogens is 450 g/mol. The number of aromatic nitrogens is 1. The zero-order valence-corrected chi connectivity index (χ0v) is 19.2. The number of thiophene rings is 1. The predicted octanol–water partition coefficient (Wildman–Crippen LogP) is 3.93. The first-order chi connectivity index (χ1) is 13.8. The Labute approximate surface area is 182 Å². The molecule has 1 aliphatic heterocycles. The maximum absolute atomic E-state index is 13.1. The second-order valence-electron chi connectivity index (χ2n) is 7.05. The molecule has 154 valence electrons. The Morgan fingerprint density at radius 1 is 1.21 bits per heavy atom. The van der Waals surface area contributed by atoms with Gasteiger partial charge in [-0.15, -0.1) is 11.3 Å². The highest BCUT2D eigenvalue weighted by atomic mass is 35.5. The molecule has 3 heterocycles. The summed E-state index contributed by atoms with van der Waals surface area (Å²) in [4.78, 5) is 17.9. The van der Waals surface area contributed by atoms with Gasteiger partial charge in [0.2, 0.25) is 0 Å². The number of carbonyl (C=O) groups is 1. The maximum Gasteiger partial charge on any atom is 0.266 e. The smallest absolute Gasteiger partial charge is 0.266 e. The van der Waals surface area contributed by atoms with Gasteiger partial charge in [-0.25, -0.2) is 8.42 Å². The van der Waals surface area contributed by atoms with E-state index < -0.39 is 22.0 Å². The highest BCUT2D eigenvalue weighted by Crippen LogP contribution is 2.32. The van der Waals surface area contributed by atoms with E-state index in [9.17, 15) is 13.2 Å². The second-order valence-corrected chi connectivity index (χ2v) is 11.9. The van der Waals surface area contributed by atoms with E-state index in [1.807, 2.05) is 30.7 Å². The van der Waals surface area contributed by atoms with Crippen LogP contribution in [0.5, 0.6) is 0 Å². The van der Waals surface area contributed by atoms with Crippen molar-refractivity contribution in [1.82, 2.24) is 8.87 Å². The molecule has 1 unspecified atom stereocenters. The van der Waals surface area contributed by atoms with Crippen LogP contribution >= 0.6 is 34.3 Å². The monoisotopic (exact) mass is 469 g/mol. The molecule has 1 saturated heterocycles. The fourth-order valence-electron chi connectivity index (χ4n) is 3.51. The molecule has 2 aromatic heterocycles. The summed E-state index contributed by atoms with van der Waals surface area (Å²) in [5, 5.41) is 0. The number of nitrogens with zero attached hydrogens (tertiary/aromatic N) is 3. The highest BCUT2D eigenvalue weighted by molar-refractivity contribution is 7.91. The Kier molecular flexibility index (Phi) is 5.69. The first-order valence-corrected chi connectivity index (χ1v) is 12.6. The van der Waals surface area contributed by atoms with Crippen LogP contribution in [0, 0.1) is 6.92 Å². The van der Waals surface area contributed by atoms with E-state index in [-0.39, 0.29) is 4.21 Å². The number of amides is 1. The summed E-state index contributed by atoms with van der Waals surface area (Å²) in [5.41, 5.74) is 2.13. The topological polar surface area (TPSA) is 71.7 Å². The van der Waals surface area contributed by atoms with Crippen LogP contribution in [0.3, 0.4) is 0 Å². The standard InChI is InChI=1S/C19H20ClN3O3S3/c1-12-6-7-13-15(11-12)27-19(22(13)2)21-18(24)14-5-3-4-10-23(14)29(25,26)17-9-8-16(20)28-17/h6-9,11,14H,3-5,10H2,1-2H3. The van der Waals surface area contributed by atoms with E-state index in [0.29, 0.717) is 22.1 Å². The number of thiazole rings is 1. The molecule has 0 saturated carbocycles. The largest absolute Gasteiger partial charge is 0.319 e. The minimum atomic E-state index is -3.78. The molecule has 0 N–H and O–H groups in total. The van der Waals surface area contributed by atoms with Crippen LogP contribution in [-0.4, -0.2) is 35.8 Å². The van der Waals surface area contributed by atoms with Gasteiger partial charge >= 0.3 is 0 Å². The van der Waals surface area contributed by atoms with Crippen molar-refractivity contribution in [2.45, 2.75) is 36.4 Å². The number of halogens is 1. The SMILES string of the molecule is Cc1ccc2c(c1)sc(=NC(=O)C1CCCCN1S(=O)(=O)c1ccc(Cl)s1)n2C. The van der Waals surface area contributed by atoms with Gasteiger partial charge in [0.25, 0.3) is 15.9 Å². The van der Waals surface area contributed by atoms with Crippen LogP contribution in [0.25, 0.3) is 10.2 Å².